The minimum Gasteiger partial charge on any atom is -0.367 e. The van der Waals surface area contributed by atoms with Crippen LogP contribution in [-0.4, -0.2) is 29.0 Å². The van der Waals surface area contributed by atoms with Crippen molar-refractivity contribution in [2.75, 3.05) is 18.4 Å². The summed E-state index contributed by atoms with van der Waals surface area (Å²) >= 11 is 5.92. The first-order chi connectivity index (χ1) is 11.2. The Bertz CT molecular complexity index is 668. The Balaban J connectivity index is 1.48. The van der Waals surface area contributed by atoms with Gasteiger partial charge in [0.1, 0.15) is 11.9 Å². The van der Waals surface area contributed by atoms with E-state index < -0.39 is 0 Å². The molecule has 1 aromatic heterocycles. The van der Waals surface area contributed by atoms with Gasteiger partial charge in [-0.05, 0) is 42.7 Å². The summed E-state index contributed by atoms with van der Waals surface area (Å²) in [4.78, 5) is 6.74. The minimum absolute atomic E-state index is 0.442. The van der Waals surface area contributed by atoms with Gasteiger partial charge in [-0.2, -0.15) is 5.26 Å². The van der Waals surface area contributed by atoms with Gasteiger partial charge in [0.05, 0.1) is 5.56 Å². The Morgan fingerprint density at radius 2 is 1.91 bits per heavy atom. The number of piperidine rings is 1. The van der Waals surface area contributed by atoms with E-state index >= 15 is 0 Å². The first-order valence-electron chi connectivity index (χ1n) is 7.82. The van der Waals surface area contributed by atoms with Gasteiger partial charge in [-0.3, -0.25) is 4.90 Å². The SMILES string of the molecule is N#Cc1ccc(NC2CCN(Cc3ccc(Cl)cc3)CC2)nc1. The van der Waals surface area contributed by atoms with Crippen molar-refractivity contribution < 1.29 is 0 Å². The molecule has 4 nitrogen and oxygen atoms in total. The second-order valence-electron chi connectivity index (χ2n) is 5.87. The van der Waals surface area contributed by atoms with Gasteiger partial charge in [0, 0.05) is 36.9 Å². The number of pyridine rings is 1. The number of hydrogen-bond donors (Lipinski definition) is 1. The zero-order valence-electron chi connectivity index (χ0n) is 12.9. The molecule has 1 aliphatic heterocycles. The molecule has 118 valence electrons. The number of likely N-dealkylation sites (tertiary alicyclic amines) is 1. The number of rotatable bonds is 4. The van der Waals surface area contributed by atoms with Crippen LogP contribution in [0.2, 0.25) is 5.02 Å². The molecule has 0 bridgehead atoms. The van der Waals surface area contributed by atoms with Crippen molar-refractivity contribution >= 4 is 17.4 Å². The molecular formula is C18H19ClN4. The van der Waals surface area contributed by atoms with Crippen LogP contribution in [0.25, 0.3) is 0 Å². The van der Waals surface area contributed by atoms with Crippen LogP contribution in [0.4, 0.5) is 5.82 Å². The molecule has 0 amide bonds. The van der Waals surface area contributed by atoms with Crippen molar-refractivity contribution in [3.8, 4) is 6.07 Å². The molecule has 5 heteroatoms. The number of nitrogens with one attached hydrogen (secondary N) is 1. The van der Waals surface area contributed by atoms with E-state index in [1.54, 1.807) is 12.3 Å². The molecule has 0 unspecified atom stereocenters. The number of hydrogen-bond acceptors (Lipinski definition) is 4. The average molecular weight is 327 g/mol. The summed E-state index contributed by atoms with van der Waals surface area (Å²) in [6, 6.07) is 14.3. The molecule has 1 aromatic carbocycles. The minimum atomic E-state index is 0.442. The van der Waals surface area contributed by atoms with E-state index in [4.69, 9.17) is 16.9 Å². The second kappa shape index (κ2) is 7.45. The summed E-state index contributed by atoms with van der Waals surface area (Å²) in [5.41, 5.74) is 1.89. The lowest BCUT2D eigenvalue weighted by Crippen LogP contribution is -2.38. The molecule has 2 aromatic rings. The molecule has 2 heterocycles. The Hall–Kier alpha value is -2.09. The maximum atomic E-state index is 8.79. The first-order valence-corrected chi connectivity index (χ1v) is 8.20. The van der Waals surface area contributed by atoms with Gasteiger partial charge in [0.25, 0.3) is 0 Å². The van der Waals surface area contributed by atoms with Gasteiger partial charge >= 0.3 is 0 Å². The summed E-state index contributed by atoms with van der Waals surface area (Å²) < 4.78 is 0. The van der Waals surface area contributed by atoms with Crippen molar-refractivity contribution in [2.45, 2.75) is 25.4 Å². The molecule has 1 fully saturated rings. The van der Waals surface area contributed by atoms with Crippen LogP contribution in [0.1, 0.15) is 24.0 Å². The number of anilines is 1. The predicted octanol–water partition coefficient (Wildman–Crippen LogP) is 3.68. The normalized spacial score (nSPS) is 16.0. The zero-order chi connectivity index (χ0) is 16.1. The molecule has 0 aliphatic carbocycles. The van der Waals surface area contributed by atoms with Gasteiger partial charge in [-0.1, -0.05) is 23.7 Å². The predicted molar refractivity (Wildman–Crippen MR) is 92.3 cm³/mol. The lowest BCUT2D eigenvalue weighted by atomic mass is 10.0. The monoisotopic (exact) mass is 326 g/mol. The van der Waals surface area contributed by atoms with Crippen LogP contribution in [0.3, 0.4) is 0 Å². The molecule has 0 radical (unpaired) electrons. The topological polar surface area (TPSA) is 52.0 Å². The van der Waals surface area contributed by atoms with Crippen LogP contribution in [0.5, 0.6) is 0 Å². The van der Waals surface area contributed by atoms with Gasteiger partial charge in [-0.15, -0.1) is 0 Å². The van der Waals surface area contributed by atoms with E-state index in [2.05, 4.69) is 33.4 Å². The number of aromatic nitrogens is 1. The molecule has 23 heavy (non-hydrogen) atoms. The molecule has 1 saturated heterocycles. The van der Waals surface area contributed by atoms with Gasteiger partial charge in [0.15, 0.2) is 0 Å². The van der Waals surface area contributed by atoms with Crippen molar-refractivity contribution in [1.82, 2.24) is 9.88 Å². The molecule has 1 aliphatic rings. The molecule has 0 spiro atoms. The van der Waals surface area contributed by atoms with E-state index in [0.717, 1.165) is 43.3 Å². The van der Waals surface area contributed by atoms with Crippen LogP contribution in [-0.2, 0) is 6.54 Å². The van der Waals surface area contributed by atoms with Crippen LogP contribution >= 0.6 is 11.6 Å². The fourth-order valence-corrected chi connectivity index (χ4v) is 2.96. The number of nitriles is 1. The van der Waals surface area contributed by atoms with E-state index in [1.807, 2.05) is 18.2 Å². The zero-order valence-corrected chi connectivity index (χ0v) is 13.6. The van der Waals surface area contributed by atoms with Crippen molar-refractivity contribution in [3.63, 3.8) is 0 Å². The standard InChI is InChI=1S/C18H19ClN4/c19-16-4-1-14(2-5-16)13-23-9-7-17(8-10-23)22-18-6-3-15(11-20)12-21-18/h1-6,12,17H,7-10,13H2,(H,21,22). The van der Waals surface area contributed by atoms with E-state index in [-0.39, 0.29) is 0 Å². The largest absolute Gasteiger partial charge is 0.367 e. The Morgan fingerprint density at radius 3 is 2.52 bits per heavy atom. The van der Waals surface area contributed by atoms with Crippen LogP contribution in [0, 0.1) is 11.3 Å². The molecule has 1 N–H and O–H groups in total. The molecule has 3 rings (SSSR count). The van der Waals surface area contributed by atoms with E-state index in [0.29, 0.717) is 11.6 Å². The van der Waals surface area contributed by atoms with Crippen LogP contribution < -0.4 is 5.32 Å². The van der Waals surface area contributed by atoms with E-state index in [9.17, 15) is 0 Å². The molecular weight excluding hydrogens is 308 g/mol. The molecule has 0 saturated carbocycles. The summed E-state index contributed by atoms with van der Waals surface area (Å²) in [5, 5.41) is 13.0. The highest BCUT2D eigenvalue weighted by molar-refractivity contribution is 6.30. The summed E-state index contributed by atoms with van der Waals surface area (Å²) in [5.74, 6) is 0.847. The van der Waals surface area contributed by atoms with Gasteiger partial charge in [-0.25, -0.2) is 4.98 Å². The van der Waals surface area contributed by atoms with Gasteiger partial charge in [0.2, 0.25) is 0 Å². The number of nitrogens with zero attached hydrogens (tertiary/aromatic N) is 3. The summed E-state index contributed by atoms with van der Waals surface area (Å²) in [6.45, 7) is 3.10. The Kier molecular flexibility index (Phi) is 5.12. The second-order valence-corrected chi connectivity index (χ2v) is 6.30. The Morgan fingerprint density at radius 1 is 1.17 bits per heavy atom. The lowest BCUT2D eigenvalue weighted by Gasteiger charge is -2.32. The van der Waals surface area contributed by atoms with Crippen LogP contribution in [0.15, 0.2) is 42.6 Å². The van der Waals surface area contributed by atoms with Crippen molar-refractivity contribution in [3.05, 3.63) is 58.7 Å². The van der Waals surface area contributed by atoms with Gasteiger partial charge < -0.3 is 5.32 Å². The highest BCUT2D eigenvalue weighted by Crippen LogP contribution is 2.18. The van der Waals surface area contributed by atoms with Crippen molar-refractivity contribution in [1.29, 1.82) is 5.26 Å². The van der Waals surface area contributed by atoms with E-state index in [1.165, 1.54) is 5.56 Å². The third kappa shape index (κ3) is 4.44. The average Bonchev–Trinajstić information content (AvgIpc) is 2.59. The third-order valence-electron chi connectivity index (χ3n) is 4.15. The lowest BCUT2D eigenvalue weighted by molar-refractivity contribution is 0.211. The summed E-state index contributed by atoms with van der Waals surface area (Å²) in [6.07, 6.45) is 3.79. The maximum Gasteiger partial charge on any atom is 0.126 e. The smallest absolute Gasteiger partial charge is 0.126 e. The number of benzene rings is 1. The third-order valence-corrected chi connectivity index (χ3v) is 4.40. The quantitative estimate of drug-likeness (QED) is 0.931. The first kappa shape index (κ1) is 15.8. The highest BCUT2D eigenvalue weighted by Gasteiger charge is 2.19. The highest BCUT2D eigenvalue weighted by atomic mass is 35.5. The number of halogens is 1. The Labute approximate surface area is 141 Å². The fraction of sp³-hybridized carbons (Fsp3) is 0.333. The fourth-order valence-electron chi connectivity index (χ4n) is 2.84. The van der Waals surface area contributed by atoms with Crippen molar-refractivity contribution in [2.24, 2.45) is 0 Å². The summed E-state index contributed by atoms with van der Waals surface area (Å²) in [7, 11) is 0. The molecule has 0 atom stereocenters. The maximum absolute atomic E-state index is 8.79.